The molecule has 4 rings (SSSR count). The van der Waals surface area contributed by atoms with Crippen LogP contribution in [0.3, 0.4) is 0 Å². The monoisotopic (exact) mass is 352 g/mol. The molecule has 4 heterocycles. The van der Waals surface area contributed by atoms with Crippen LogP contribution >= 0.6 is 0 Å². The number of nitrogens with zero attached hydrogens (tertiary/aromatic N) is 8. The largest absolute Gasteiger partial charge is 0.344 e. The molecule has 0 atom stereocenters. The minimum Gasteiger partial charge on any atom is -0.344 e. The highest BCUT2D eigenvalue weighted by Gasteiger charge is 2.26. The van der Waals surface area contributed by atoms with Gasteiger partial charge in [-0.3, -0.25) is 9.48 Å². The first-order chi connectivity index (χ1) is 12.5. The highest BCUT2D eigenvalue weighted by Crippen LogP contribution is 2.20. The number of aromatic nitrogens is 6. The number of hydrogen-bond acceptors (Lipinski definition) is 6. The van der Waals surface area contributed by atoms with Crippen molar-refractivity contribution in [1.82, 2.24) is 29.8 Å². The van der Waals surface area contributed by atoms with E-state index >= 15 is 0 Å². The average molecular weight is 352 g/mol. The van der Waals surface area contributed by atoms with Crippen molar-refractivity contribution in [3.63, 3.8) is 0 Å². The first-order valence-electron chi connectivity index (χ1n) is 8.42. The fourth-order valence-corrected chi connectivity index (χ4v) is 3.15. The summed E-state index contributed by atoms with van der Waals surface area (Å²) in [4.78, 5) is 16.2. The number of anilines is 2. The number of carbonyl (C=O) groups is 1. The van der Waals surface area contributed by atoms with Crippen LogP contribution in [-0.2, 0) is 11.8 Å². The second kappa shape index (κ2) is 6.25. The maximum atomic E-state index is 12.5. The van der Waals surface area contributed by atoms with Crippen molar-refractivity contribution < 1.29 is 4.79 Å². The van der Waals surface area contributed by atoms with Gasteiger partial charge in [0.05, 0.1) is 24.1 Å². The third kappa shape index (κ3) is 2.92. The van der Waals surface area contributed by atoms with E-state index in [0.29, 0.717) is 24.7 Å². The van der Waals surface area contributed by atoms with Gasteiger partial charge in [-0.1, -0.05) is 0 Å². The standard InChI is InChI=1S/C17H20N8O/c1-12-8-13(2)25(21-12)16-5-4-15(19-20-16)23-6-7-24(17(26)11-23)14-9-18-22(3)10-14/h4-5,8-10H,6-7,11H2,1-3H3. The van der Waals surface area contributed by atoms with Crippen molar-refractivity contribution in [3.8, 4) is 5.82 Å². The molecule has 9 heteroatoms. The Hall–Kier alpha value is -3.23. The molecule has 3 aromatic rings. The minimum atomic E-state index is 0.0219. The van der Waals surface area contributed by atoms with Crippen LogP contribution in [0.5, 0.6) is 0 Å². The number of carbonyl (C=O) groups excluding carboxylic acids is 1. The predicted molar refractivity (Wildman–Crippen MR) is 96.4 cm³/mol. The molecule has 1 aliphatic rings. The molecule has 0 aromatic carbocycles. The van der Waals surface area contributed by atoms with Gasteiger partial charge in [0, 0.05) is 32.0 Å². The molecule has 0 unspecified atom stereocenters. The number of hydrogen-bond donors (Lipinski definition) is 0. The fraction of sp³-hybridized carbons (Fsp3) is 0.353. The molecule has 0 aliphatic carbocycles. The topological polar surface area (TPSA) is 85.0 Å². The van der Waals surface area contributed by atoms with E-state index in [1.54, 1.807) is 20.5 Å². The van der Waals surface area contributed by atoms with Gasteiger partial charge in [0.1, 0.15) is 0 Å². The Kier molecular flexibility index (Phi) is 3.90. The van der Waals surface area contributed by atoms with Crippen molar-refractivity contribution in [1.29, 1.82) is 0 Å². The van der Waals surface area contributed by atoms with Gasteiger partial charge in [-0.15, -0.1) is 10.2 Å². The van der Waals surface area contributed by atoms with Crippen LogP contribution in [0, 0.1) is 13.8 Å². The van der Waals surface area contributed by atoms with Crippen molar-refractivity contribution in [2.24, 2.45) is 7.05 Å². The molecule has 26 heavy (non-hydrogen) atoms. The molecule has 1 saturated heterocycles. The third-order valence-electron chi connectivity index (χ3n) is 4.41. The molecular formula is C17H20N8O. The minimum absolute atomic E-state index is 0.0219. The third-order valence-corrected chi connectivity index (χ3v) is 4.41. The summed E-state index contributed by atoms with van der Waals surface area (Å²) >= 11 is 0. The number of piperazine rings is 1. The molecule has 0 N–H and O–H groups in total. The smallest absolute Gasteiger partial charge is 0.246 e. The summed E-state index contributed by atoms with van der Waals surface area (Å²) in [5, 5.41) is 17.1. The molecule has 9 nitrogen and oxygen atoms in total. The summed E-state index contributed by atoms with van der Waals surface area (Å²) in [6.07, 6.45) is 3.55. The number of amides is 1. The van der Waals surface area contributed by atoms with E-state index in [0.717, 1.165) is 17.1 Å². The van der Waals surface area contributed by atoms with Crippen molar-refractivity contribution in [2.45, 2.75) is 13.8 Å². The van der Waals surface area contributed by atoms with E-state index in [1.165, 1.54) is 0 Å². The zero-order valence-electron chi connectivity index (χ0n) is 15.0. The van der Waals surface area contributed by atoms with E-state index in [1.807, 2.05) is 50.2 Å². The number of aryl methyl sites for hydroxylation is 3. The van der Waals surface area contributed by atoms with Gasteiger partial charge in [-0.2, -0.15) is 10.2 Å². The molecule has 0 radical (unpaired) electrons. The van der Waals surface area contributed by atoms with Crippen LogP contribution in [0.4, 0.5) is 11.5 Å². The second-order valence-electron chi connectivity index (χ2n) is 6.43. The van der Waals surface area contributed by atoms with Crippen LogP contribution < -0.4 is 9.80 Å². The summed E-state index contributed by atoms with van der Waals surface area (Å²) in [6.45, 7) is 5.47. The Morgan fingerprint density at radius 1 is 1.08 bits per heavy atom. The summed E-state index contributed by atoms with van der Waals surface area (Å²) in [5.74, 6) is 1.38. The average Bonchev–Trinajstić information content (AvgIpc) is 3.20. The van der Waals surface area contributed by atoms with Crippen LogP contribution in [-0.4, -0.2) is 55.3 Å². The quantitative estimate of drug-likeness (QED) is 0.695. The highest BCUT2D eigenvalue weighted by atomic mass is 16.2. The van der Waals surface area contributed by atoms with Crippen molar-refractivity contribution in [3.05, 3.63) is 42.0 Å². The van der Waals surface area contributed by atoms with E-state index in [4.69, 9.17) is 0 Å². The number of rotatable bonds is 3. The Morgan fingerprint density at radius 3 is 2.42 bits per heavy atom. The molecule has 0 saturated carbocycles. The molecule has 134 valence electrons. The Balaban J connectivity index is 1.49. The van der Waals surface area contributed by atoms with Gasteiger partial charge in [-0.05, 0) is 32.0 Å². The van der Waals surface area contributed by atoms with Gasteiger partial charge in [0.2, 0.25) is 5.91 Å². The normalized spacial score (nSPS) is 15.0. The van der Waals surface area contributed by atoms with Gasteiger partial charge in [0.25, 0.3) is 0 Å². The van der Waals surface area contributed by atoms with Gasteiger partial charge < -0.3 is 9.80 Å². The maximum absolute atomic E-state index is 12.5. The lowest BCUT2D eigenvalue weighted by atomic mass is 10.3. The summed E-state index contributed by atoms with van der Waals surface area (Å²) in [6, 6.07) is 5.75. The van der Waals surface area contributed by atoms with Crippen molar-refractivity contribution in [2.75, 3.05) is 29.4 Å². The Morgan fingerprint density at radius 2 is 1.85 bits per heavy atom. The van der Waals surface area contributed by atoms with Gasteiger partial charge in [0.15, 0.2) is 11.6 Å². The van der Waals surface area contributed by atoms with Crippen LogP contribution in [0.25, 0.3) is 5.82 Å². The zero-order valence-corrected chi connectivity index (χ0v) is 15.0. The Labute approximate surface area is 150 Å². The second-order valence-corrected chi connectivity index (χ2v) is 6.43. The van der Waals surface area contributed by atoms with Gasteiger partial charge >= 0.3 is 0 Å². The highest BCUT2D eigenvalue weighted by molar-refractivity contribution is 5.97. The van der Waals surface area contributed by atoms with E-state index in [-0.39, 0.29) is 12.5 Å². The summed E-state index contributed by atoms with van der Waals surface area (Å²) in [5.41, 5.74) is 2.76. The molecule has 1 amide bonds. The lowest BCUT2D eigenvalue weighted by Gasteiger charge is -2.33. The van der Waals surface area contributed by atoms with E-state index in [2.05, 4.69) is 20.4 Å². The van der Waals surface area contributed by atoms with E-state index in [9.17, 15) is 4.79 Å². The zero-order chi connectivity index (χ0) is 18.3. The van der Waals surface area contributed by atoms with Crippen molar-refractivity contribution >= 4 is 17.4 Å². The maximum Gasteiger partial charge on any atom is 0.246 e. The molecule has 0 spiro atoms. The molecular weight excluding hydrogens is 332 g/mol. The van der Waals surface area contributed by atoms with Crippen LogP contribution in [0.15, 0.2) is 30.6 Å². The Bertz CT molecular complexity index is 942. The molecule has 1 aliphatic heterocycles. The summed E-state index contributed by atoms with van der Waals surface area (Å²) in [7, 11) is 1.84. The van der Waals surface area contributed by atoms with Crippen LogP contribution in [0.2, 0.25) is 0 Å². The first-order valence-corrected chi connectivity index (χ1v) is 8.42. The molecule has 3 aromatic heterocycles. The fourth-order valence-electron chi connectivity index (χ4n) is 3.15. The van der Waals surface area contributed by atoms with Crippen LogP contribution in [0.1, 0.15) is 11.4 Å². The molecule has 0 bridgehead atoms. The summed E-state index contributed by atoms with van der Waals surface area (Å²) < 4.78 is 3.45. The first kappa shape index (κ1) is 16.2. The lowest BCUT2D eigenvalue weighted by Crippen LogP contribution is -2.50. The van der Waals surface area contributed by atoms with Gasteiger partial charge in [-0.25, -0.2) is 4.68 Å². The molecule has 1 fully saturated rings. The SMILES string of the molecule is Cc1cc(C)n(-c2ccc(N3CCN(c4cnn(C)c4)C(=O)C3)nn2)n1. The van der Waals surface area contributed by atoms with E-state index < -0.39 is 0 Å². The lowest BCUT2D eigenvalue weighted by molar-refractivity contribution is -0.117. The predicted octanol–water partition coefficient (Wildman–Crippen LogP) is 0.866.